The highest BCUT2D eigenvalue weighted by Gasteiger charge is 2.37. The van der Waals surface area contributed by atoms with Crippen molar-refractivity contribution in [3.05, 3.63) is 138 Å². The first-order chi connectivity index (χ1) is 59.4. The maximum absolute atomic E-state index is 14.0. The zero-order valence-corrected chi connectivity index (χ0v) is 72.9. The number of aliphatic imine (C=N–C) groups is 4. The molecule has 0 bridgehead atoms. The summed E-state index contributed by atoms with van der Waals surface area (Å²) in [6.07, 6.45) is 17.2. The molecule has 690 valence electrons. The molecule has 0 aliphatic carbocycles. The van der Waals surface area contributed by atoms with Gasteiger partial charge in [0.2, 0.25) is 0 Å². The molecular weight excluding hydrogens is 1720 g/mol. The number of likely N-dealkylation sites (N-methyl/N-ethyl adjacent to an activating group) is 3. The van der Waals surface area contributed by atoms with E-state index in [2.05, 4.69) is 70.2 Å². The Hall–Kier alpha value is -9.68. The molecule has 0 saturated carbocycles. The van der Waals surface area contributed by atoms with Crippen LogP contribution in [0.4, 0.5) is 36.7 Å². The van der Waals surface area contributed by atoms with Crippen molar-refractivity contribution in [3.63, 3.8) is 0 Å². The number of amidine groups is 4. The zero-order valence-electron chi connectivity index (χ0n) is 69.6. The van der Waals surface area contributed by atoms with Gasteiger partial charge in [0.1, 0.15) is 46.3 Å². The summed E-state index contributed by atoms with van der Waals surface area (Å²) in [6.45, 7) is 17.5. The molecule has 8 fully saturated rings. The Balaban J connectivity index is 0.000000190. The predicted octanol–water partition coefficient (Wildman–Crippen LogP) is 13.9. The number of nitrogens with one attached hydrogen (secondary N) is 4. The van der Waals surface area contributed by atoms with Crippen LogP contribution in [0.2, 0.25) is 0 Å². The molecule has 12 aliphatic rings. The molecule has 16 rings (SSSR count). The van der Waals surface area contributed by atoms with Gasteiger partial charge in [-0.1, -0.05) is 43.6 Å². The van der Waals surface area contributed by atoms with Crippen LogP contribution in [0.5, 0.6) is 23.0 Å². The molecule has 4 aromatic carbocycles. The van der Waals surface area contributed by atoms with Crippen molar-refractivity contribution < 1.29 is 74.9 Å². The van der Waals surface area contributed by atoms with Gasteiger partial charge in [0, 0.05) is 145 Å². The average molecular weight is 1840 g/mol. The van der Waals surface area contributed by atoms with E-state index in [-0.39, 0.29) is 88.4 Å². The third-order valence-electron chi connectivity index (χ3n) is 22.0. The second kappa shape index (κ2) is 48.1. The van der Waals surface area contributed by atoms with Gasteiger partial charge >= 0.3 is 24.4 Å². The third kappa shape index (κ3) is 27.2. The maximum atomic E-state index is 14.0. The predicted molar refractivity (Wildman–Crippen MR) is 495 cm³/mol. The summed E-state index contributed by atoms with van der Waals surface area (Å²) in [5, 5.41) is 9.81. The molecule has 4 N–H and O–H groups in total. The number of carbonyl (C=O) groups is 8. The highest BCUT2D eigenvalue weighted by Crippen LogP contribution is 2.39. The normalized spacial score (nSPS) is 21.8. The first kappa shape index (κ1) is 101. The number of hydrogen-bond donors (Lipinski definition) is 4. The largest absolute Gasteiger partial charge is 0.415 e. The molecule has 127 heavy (non-hydrogen) atoms. The molecule has 8 amide bonds. The van der Waals surface area contributed by atoms with Crippen molar-refractivity contribution in [2.24, 2.45) is 20.0 Å². The van der Waals surface area contributed by atoms with Crippen LogP contribution >= 0.6 is 47.0 Å². The quantitative estimate of drug-likeness (QED) is 0.0714. The van der Waals surface area contributed by atoms with Gasteiger partial charge in [0.25, 0.3) is 23.6 Å². The van der Waals surface area contributed by atoms with Crippen LogP contribution < -0.4 is 40.7 Å². The number of hydrazine groups is 4. The fourth-order valence-corrected chi connectivity index (χ4v) is 18.7. The van der Waals surface area contributed by atoms with Gasteiger partial charge in [0.05, 0.1) is 19.6 Å². The van der Waals surface area contributed by atoms with Crippen molar-refractivity contribution in [2.75, 3.05) is 146 Å². The number of nitrogens with zero attached hydrogens (tertiary/aromatic N) is 15. The van der Waals surface area contributed by atoms with Crippen molar-refractivity contribution in [2.45, 2.75) is 145 Å². The van der Waals surface area contributed by atoms with Gasteiger partial charge in [-0.3, -0.25) is 44.1 Å². The number of ether oxygens (including phenoxy) is 4. The molecule has 3 atom stereocenters. The maximum Gasteiger partial charge on any atom is 0.415 e. The Bertz CT molecular complexity index is 4700. The monoisotopic (exact) mass is 1840 g/mol. The van der Waals surface area contributed by atoms with Crippen molar-refractivity contribution in [1.29, 1.82) is 0 Å². The van der Waals surface area contributed by atoms with Crippen LogP contribution in [0.1, 0.15) is 149 Å². The van der Waals surface area contributed by atoms with Gasteiger partial charge in [-0.25, -0.2) is 58.4 Å². The van der Waals surface area contributed by atoms with E-state index < -0.39 is 47.6 Å². The first-order valence-corrected chi connectivity index (χ1v) is 44.9. The number of rotatable bonds is 13. The first-order valence-electron chi connectivity index (χ1n) is 41.7. The second-order valence-corrected chi connectivity index (χ2v) is 35.1. The van der Waals surface area contributed by atoms with Gasteiger partial charge < -0.3 is 48.3 Å². The van der Waals surface area contributed by atoms with Crippen molar-refractivity contribution in [3.8, 4) is 23.0 Å². The van der Waals surface area contributed by atoms with Gasteiger partial charge in [-0.2, -0.15) is 20.0 Å². The fraction of sp³-hybridized carbons (Fsp3) is 0.500. The van der Waals surface area contributed by atoms with Crippen molar-refractivity contribution in [1.82, 2.24) is 76.0 Å². The highest BCUT2D eigenvalue weighted by atomic mass is 32.2. The molecule has 0 spiro atoms. The highest BCUT2D eigenvalue weighted by molar-refractivity contribution is 8.19. The van der Waals surface area contributed by atoms with Crippen molar-refractivity contribution >= 4 is 140 Å². The van der Waals surface area contributed by atoms with E-state index in [9.17, 15) is 55.9 Å². The van der Waals surface area contributed by atoms with E-state index in [0.717, 1.165) is 149 Å². The molecule has 8 saturated heterocycles. The summed E-state index contributed by atoms with van der Waals surface area (Å²) in [5.41, 5.74) is 14.2. The smallest absolute Gasteiger partial charge is 0.410 e. The lowest BCUT2D eigenvalue weighted by Gasteiger charge is -2.28. The van der Waals surface area contributed by atoms with E-state index in [4.69, 9.17) is 18.9 Å². The Kier molecular flexibility index (Phi) is 38.3. The van der Waals surface area contributed by atoms with E-state index >= 15 is 0 Å². The average Bonchev–Trinajstić information content (AvgIpc) is 1.80. The molecule has 31 nitrogen and oxygen atoms in total. The molecule has 0 aromatic heterocycles. The molecule has 12 aliphatic heterocycles. The Morgan fingerprint density at radius 1 is 0.370 bits per heavy atom. The number of thioether (sulfide) groups is 4. The molecule has 39 heteroatoms. The number of benzene rings is 4. The van der Waals surface area contributed by atoms with Crippen LogP contribution in [0.3, 0.4) is 0 Å². The molecular formula is C88H119F4N19O12S4. The Morgan fingerprint density at radius 2 is 0.614 bits per heavy atom. The summed E-state index contributed by atoms with van der Waals surface area (Å²) >= 11 is 4.92. The minimum atomic E-state index is -0.477. The standard InChI is InChI=1S/C23H30FN5O3S.2C21H26FN5O3S.C19H21FN4O3S.4CH4/c1-3-27(4-2)18-9-12-28(15-18)23(31)32-19-8-7-17(24)13-16(19)14-20-21(30)26-22(33-20)29-11-6-5-10-25-29;2*1-25(2)16-7-10-26(13-16)21(29)30-17-6-5-15(22)11-14(17)12-18-19(28)24-20(31-18)27-9-4-3-8-23-27;20-14-5-6-15(27-19(26)23-8-3-4-9-23)13(11-14)12-16-17(25)22-18(28-16)24-10-2-1-7-21-24;;;;/h7-8,13-14,18,25H,3-6,9-12,15H2,1-2H3;2*5-6,11-12,16,23H,3-4,7-10,13H2,1-2H3;5-6,11-12,21H,1-4,7-10H2;4*1H4/b20-14-;2*18-12-;16-12-;;;;/t;2*16-;;;;;/m.10...../s1. The summed E-state index contributed by atoms with van der Waals surface area (Å²) in [6, 6.07) is 16.5. The van der Waals surface area contributed by atoms with Gasteiger partial charge in [-0.05, 0) is 269 Å². The van der Waals surface area contributed by atoms with Crippen LogP contribution in [-0.2, 0) is 19.2 Å². The fourth-order valence-electron chi connectivity index (χ4n) is 15.1. The van der Waals surface area contributed by atoms with Crippen LogP contribution in [0.15, 0.2) is 112 Å². The van der Waals surface area contributed by atoms with Crippen LogP contribution in [0.25, 0.3) is 24.3 Å². The number of amides is 8. The molecule has 12 heterocycles. The van der Waals surface area contributed by atoms with E-state index in [0.29, 0.717) is 121 Å². The van der Waals surface area contributed by atoms with Gasteiger partial charge in [0.15, 0.2) is 20.7 Å². The van der Waals surface area contributed by atoms with Gasteiger partial charge in [-0.15, -0.1) is 0 Å². The van der Waals surface area contributed by atoms with Crippen LogP contribution in [-0.4, -0.2) is 287 Å². The Labute approximate surface area is 758 Å². The second-order valence-electron chi connectivity index (χ2n) is 31.0. The van der Waals surface area contributed by atoms with Crippen LogP contribution in [0, 0.1) is 23.3 Å². The summed E-state index contributed by atoms with van der Waals surface area (Å²) in [5.74, 6) is -2.56. The number of halogens is 4. The van der Waals surface area contributed by atoms with E-state index in [1.54, 1.807) is 25.7 Å². The summed E-state index contributed by atoms with van der Waals surface area (Å²) < 4.78 is 78.0. The molecule has 0 radical (unpaired) electrons. The lowest BCUT2D eigenvalue weighted by Crippen LogP contribution is -2.45. The minimum Gasteiger partial charge on any atom is -0.410 e. The number of carbonyl (C=O) groups excluding carboxylic acids is 8. The zero-order chi connectivity index (χ0) is 86.8. The molecule has 4 aromatic rings. The molecule has 1 unspecified atom stereocenters. The van der Waals surface area contributed by atoms with E-state index in [1.165, 1.54) is 138 Å². The minimum absolute atomic E-state index is 0. The lowest BCUT2D eigenvalue weighted by molar-refractivity contribution is -0.114. The third-order valence-corrected chi connectivity index (χ3v) is 26.1. The van der Waals surface area contributed by atoms with E-state index in [1.807, 2.05) is 48.2 Å². The SMILES string of the molecule is C.C.C.C.CCN(CC)C1CCN(C(=O)Oc2ccc(F)cc2/C=C2\SC(N3CCCCN3)=NC2=O)C1.CN(C)[C@@H]1CCN(C(=O)Oc2ccc(F)cc2/C=C2\SC(N3CCCCN3)=NC2=O)C1.CN(C)[C@H]1CCN(C(=O)Oc2ccc(F)cc2/C=C2\SC(N3CCCCN3)=NC2=O)C1.O=C1N=C(N2CCCCN2)S/C1=C\c1cc(F)ccc1OC(=O)N1CCCC1. The summed E-state index contributed by atoms with van der Waals surface area (Å²) in [4.78, 5) is 131. The Morgan fingerprint density at radius 3 is 0.850 bits per heavy atom. The summed E-state index contributed by atoms with van der Waals surface area (Å²) in [7, 11) is 7.93. The number of likely N-dealkylation sites (tertiary alicyclic amines) is 4. The topological polar surface area (TPSA) is 307 Å². The lowest BCUT2D eigenvalue weighted by atomic mass is 10.2. The number of hydrogen-bond acceptors (Lipinski definition) is 27.